The van der Waals surface area contributed by atoms with Crippen molar-refractivity contribution in [3.63, 3.8) is 0 Å². The molecule has 0 fully saturated rings. The number of hydrogen-bond donors (Lipinski definition) is 3. The van der Waals surface area contributed by atoms with Gasteiger partial charge in [-0.15, -0.1) is 0 Å². The van der Waals surface area contributed by atoms with Crippen molar-refractivity contribution >= 4 is 29.2 Å². The van der Waals surface area contributed by atoms with Gasteiger partial charge in [-0.25, -0.2) is 0 Å². The van der Waals surface area contributed by atoms with E-state index in [1.165, 1.54) is 7.11 Å². The van der Waals surface area contributed by atoms with Crippen molar-refractivity contribution in [3.05, 3.63) is 46.1 Å². The molecule has 0 radical (unpaired) electrons. The summed E-state index contributed by atoms with van der Waals surface area (Å²) < 4.78 is 4.77. The molecule has 0 aliphatic heterocycles. The fourth-order valence-electron chi connectivity index (χ4n) is 1.79. The molecule has 0 aliphatic rings. The Bertz CT molecular complexity index is 699. The quantitative estimate of drug-likeness (QED) is 0.733. The van der Waals surface area contributed by atoms with E-state index < -0.39 is 5.91 Å². The van der Waals surface area contributed by atoms with E-state index in [0.717, 1.165) is 0 Å². The van der Waals surface area contributed by atoms with Gasteiger partial charge in [0, 0.05) is 12.7 Å². The molecule has 1 heterocycles. The molecule has 1 aromatic carbocycles. The smallest absolute Gasteiger partial charge is 0.271 e. The van der Waals surface area contributed by atoms with Gasteiger partial charge in [0.25, 0.3) is 11.8 Å². The van der Waals surface area contributed by atoms with E-state index >= 15 is 0 Å². The van der Waals surface area contributed by atoms with Crippen LogP contribution in [0.5, 0.6) is 0 Å². The minimum absolute atomic E-state index is 0.0820. The lowest BCUT2D eigenvalue weighted by atomic mass is 10.2. The van der Waals surface area contributed by atoms with Crippen LogP contribution >= 0.6 is 11.6 Å². The van der Waals surface area contributed by atoms with Crippen LogP contribution in [0.25, 0.3) is 0 Å². The number of hydrogen-bond acceptors (Lipinski definition) is 4. The van der Waals surface area contributed by atoms with E-state index in [9.17, 15) is 9.59 Å². The van der Waals surface area contributed by atoms with Crippen LogP contribution in [0.15, 0.2) is 24.3 Å². The second-order valence-corrected chi connectivity index (χ2v) is 4.85. The summed E-state index contributed by atoms with van der Waals surface area (Å²) in [4.78, 5) is 24.0. The molecule has 8 heteroatoms. The monoisotopic (exact) mass is 322 g/mol. The van der Waals surface area contributed by atoms with Gasteiger partial charge in [-0.3, -0.25) is 14.7 Å². The summed E-state index contributed by atoms with van der Waals surface area (Å²) in [7, 11) is 1.47. The van der Waals surface area contributed by atoms with Crippen molar-refractivity contribution in [2.75, 3.05) is 19.2 Å². The number of halogens is 1. The predicted octanol–water partition coefficient (Wildman–Crippen LogP) is 1.96. The van der Waals surface area contributed by atoms with Crippen LogP contribution in [0.4, 0.5) is 5.82 Å². The van der Waals surface area contributed by atoms with Gasteiger partial charge in [0.05, 0.1) is 10.6 Å². The van der Waals surface area contributed by atoms with Crippen LogP contribution in [0.3, 0.4) is 0 Å². The third-order valence-electron chi connectivity index (χ3n) is 2.96. The number of ether oxygens (including phenoxy) is 1. The molecule has 116 valence electrons. The Morgan fingerprint density at radius 2 is 2.05 bits per heavy atom. The number of aromatic amines is 1. The maximum absolute atomic E-state index is 12.2. The molecule has 0 saturated heterocycles. The van der Waals surface area contributed by atoms with Crippen molar-refractivity contribution in [2.45, 2.75) is 6.92 Å². The molecule has 2 rings (SSSR count). The second kappa shape index (κ2) is 7.06. The van der Waals surface area contributed by atoms with Crippen molar-refractivity contribution in [1.29, 1.82) is 0 Å². The van der Waals surface area contributed by atoms with E-state index in [0.29, 0.717) is 16.1 Å². The predicted molar refractivity (Wildman–Crippen MR) is 82.1 cm³/mol. The molecular formula is C14H15ClN4O3. The van der Waals surface area contributed by atoms with Crippen LogP contribution in [0, 0.1) is 6.92 Å². The molecule has 0 aliphatic carbocycles. The first-order valence-corrected chi connectivity index (χ1v) is 6.80. The first-order valence-electron chi connectivity index (χ1n) is 6.42. The summed E-state index contributed by atoms with van der Waals surface area (Å²) in [6.45, 7) is 1.76. The van der Waals surface area contributed by atoms with Crippen LogP contribution in [-0.4, -0.2) is 35.9 Å². The number of amides is 2. The van der Waals surface area contributed by atoms with Gasteiger partial charge in [0.2, 0.25) is 0 Å². The molecule has 0 unspecified atom stereocenters. The fourth-order valence-corrected chi connectivity index (χ4v) is 2.01. The van der Waals surface area contributed by atoms with E-state index in [4.69, 9.17) is 16.3 Å². The number of carbonyl (C=O) groups is 2. The van der Waals surface area contributed by atoms with Crippen molar-refractivity contribution < 1.29 is 14.3 Å². The number of methoxy groups -OCH3 is 1. The number of H-pyrrole nitrogens is 1. The van der Waals surface area contributed by atoms with Gasteiger partial charge in [-0.1, -0.05) is 23.7 Å². The molecule has 0 spiro atoms. The van der Waals surface area contributed by atoms with Crippen molar-refractivity contribution in [3.8, 4) is 0 Å². The lowest BCUT2D eigenvalue weighted by Gasteiger charge is -2.05. The lowest BCUT2D eigenvalue weighted by molar-refractivity contribution is 0.0866. The van der Waals surface area contributed by atoms with Gasteiger partial charge >= 0.3 is 0 Å². The van der Waals surface area contributed by atoms with Crippen molar-refractivity contribution in [2.24, 2.45) is 0 Å². The minimum Gasteiger partial charge on any atom is -0.364 e. The Morgan fingerprint density at radius 3 is 2.73 bits per heavy atom. The maximum atomic E-state index is 12.2. The summed E-state index contributed by atoms with van der Waals surface area (Å²) in [5, 5.41) is 12.0. The number of aromatic nitrogens is 2. The zero-order valence-electron chi connectivity index (χ0n) is 12.1. The van der Waals surface area contributed by atoms with Gasteiger partial charge in [-0.05, 0) is 19.1 Å². The minimum atomic E-state index is -0.399. The third-order valence-corrected chi connectivity index (χ3v) is 3.29. The topological polar surface area (TPSA) is 96.1 Å². The van der Waals surface area contributed by atoms with Crippen LogP contribution in [0.1, 0.15) is 26.4 Å². The zero-order valence-corrected chi connectivity index (χ0v) is 12.8. The van der Waals surface area contributed by atoms with Gasteiger partial charge in [0.15, 0.2) is 5.82 Å². The first kappa shape index (κ1) is 16.0. The van der Waals surface area contributed by atoms with E-state index in [1.807, 2.05) is 0 Å². The Morgan fingerprint density at radius 1 is 1.32 bits per heavy atom. The Kier molecular flexibility index (Phi) is 5.13. The van der Waals surface area contributed by atoms with Gasteiger partial charge < -0.3 is 15.4 Å². The summed E-state index contributed by atoms with van der Waals surface area (Å²) in [5.74, 6) is -0.498. The molecule has 0 saturated carbocycles. The second-order valence-electron chi connectivity index (χ2n) is 4.45. The van der Waals surface area contributed by atoms with Crippen LogP contribution in [-0.2, 0) is 4.74 Å². The molecule has 3 N–H and O–H groups in total. The molecule has 0 bridgehead atoms. The molecule has 7 nitrogen and oxygen atoms in total. The summed E-state index contributed by atoms with van der Waals surface area (Å²) in [6, 6.07) is 6.67. The highest BCUT2D eigenvalue weighted by molar-refractivity contribution is 6.34. The standard InChI is InChI=1S/C14H15ClN4O3/c1-8-11(14(21)16-7-22-2)18-19-12(8)17-13(20)9-5-3-4-6-10(9)15/h3-6H,7H2,1-2H3,(H,16,21)(H2,17,18,19,20). The Labute approximate surface area is 132 Å². The number of nitrogens with one attached hydrogen (secondary N) is 3. The summed E-state index contributed by atoms with van der Waals surface area (Å²) >= 11 is 5.97. The highest BCUT2D eigenvalue weighted by atomic mass is 35.5. The normalized spacial score (nSPS) is 10.3. The molecular weight excluding hydrogens is 308 g/mol. The first-order chi connectivity index (χ1) is 10.5. The Balaban J connectivity index is 2.14. The van der Waals surface area contributed by atoms with Gasteiger partial charge in [0.1, 0.15) is 12.4 Å². The highest BCUT2D eigenvalue weighted by Gasteiger charge is 2.18. The van der Waals surface area contributed by atoms with Crippen molar-refractivity contribution in [1.82, 2.24) is 15.5 Å². The number of rotatable bonds is 5. The average molecular weight is 323 g/mol. The molecule has 0 atom stereocenters. The summed E-state index contributed by atoms with van der Waals surface area (Å²) in [6.07, 6.45) is 0. The average Bonchev–Trinajstić information content (AvgIpc) is 2.86. The number of benzene rings is 1. The fraction of sp³-hybridized carbons (Fsp3) is 0.214. The molecule has 2 aromatic rings. The molecule has 1 aromatic heterocycles. The lowest BCUT2D eigenvalue weighted by Crippen LogP contribution is -2.26. The van der Waals surface area contributed by atoms with E-state index in [1.54, 1.807) is 31.2 Å². The zero-order chi connectivity index (χ0) is 16.1. The van der Waals surface area contributed by atoms with Crippen LogP contribution < -0.4 is 10.6 Å². The van der Waals surface area contributed by atoms with Crippen LogP contribution in [0.2, 0.25) is 5.02 Å². The number of anilines is 1. The van der Waals surface area contributed by atoms with E-state index in [-0.39, 0.29) is 24.1 Å². The SMILES string of the molecule is COCNC(=O)c1[nH]nc(NC(=O)c2ccccc2Cl)c1C. The highest BCUT2D eigenvalue weighted by Crippen LogP contribution is 2.19. The van der Waals surface area contributed by atoms with E-state index in [2.05, 4.69) is 20.8 Å². The number of nitrogens with zero attached hydrogens (tertiary/aromatic N) is 1. The third kappa shape index (κ3) is 3.44. The molecule has 22 heavy (non-hydrogen) atoms. The Hall–Kier alpha value is -2.38. The summed E-state index contributed by atoms with van der Waals surface area (Å²) in [5.41, 5.74) is 1.11. The largest absolute Gasteiger partial charge is 0.364 e. The number of carbonyl (C=O) groups excluding carboxylic acids is 2. The molecule has 2 amide bonds. The maximum Gasteiger partial charge on any atom is 0.271 e. The van der Waals surface area contributed by atoms with Gasteiger partial charge in [-0.2, -0.15) is 5.10 Å².